The third-order valence-electron chi connectivity index (χ3n) is 3.93. The molecule has 29 heavy (non-hydrogen) atoms. The predicted octanol–water partition coefficient (Wildman–Crippen LogP) is 3.25. The number of benzene rings is 2. The summed E-state index contributed by atoms with van der Waals surface area (Å²) in [6, 6.07) is 11.4. The highest BCUT2D eigenvalue weighted by molar-refractivity contribution is 5.97. The Morgan fingerprint density at radius 1 is 1.14 bits per heavy atom. The summed E-state index contributed by atoms with van der Waals surface area (Å²) in [6.07, 6.45) is -1.18. The van der Waals surface area contributed by atoms with Crippen molar-refractivity contribution >= 4 is 23.3 Å². The van der Waals surface area contributed by atoms with Gasteiger partial charge in [-0.15, -0.1) is 0 Å². The summed E-state index contributed by atoms with van der Waals surface area (Å²) in [6.45, 7) is 3.43. The van der Waals surface area contributed by atoms with Crippen LogP contribution in [0.5, 0.6) is 11.5 Å². The number of amides is 1. The Hall–Kier alpha value is -3.62. The fourth-order valence-electron chi connectivity index (χ4n) is 2.33. The first-order valence-electron chi connectivity index (χ1n) is 8.82. The van der Waals surface area contributed by atoms with E-state index in [1.165, 1.54) is 32.2 Å². The van der Waals surface area contributed by atoms with Crippen LogP contribution in [-0.2, 0) is 14.3 Å². The molecule has 0 spiro atoms. The van der Waals surface area contributed by atoms with Crippen molar-refractivity contribution < 1.29 is 28.7 Å². The minimum absolute atomic E-state index is 0.0218. The topological polar surface area (TPSA) is 117 Å². The van der Waals surface area contributed by atoms with Crippen LogP contribution in [0.4, 0.5) is 11.4 Å². The molecule has 0 fully saturated rings. The van der Waals surface area contributed by atoms with E-state index in [0.717, 1.165) is 5.56 Å². The highest BCUT2D eigenvalue weighted by Gasteiger charge is 2.22. The molecule has 0 saturated heterocycles. The average Bonchev–Trinajstić information content (AvgIpc) is 2.69. The first-order chi connectivity index (χ1) is 13.8. The van der Waals surface area contributed by atoms with E-state index in [1.54, 1.807) is 12.1 Å². The number of rotatable bonds is 9. The molecule has 2 aromatic rings. The van der Waals surface area contributed by atoms with Crippen LogP contribution in [0.25, 0.3) is 0 Å². The number of nitrogens with one attached hydrogen (secondary N) is 1. The van der Waals surface area contributed by atoms with Gasteiger partial charge in [0.25, 0.3) is 11.6 Å². The van der Waals surface area contributed by atoms with E-state index >= 15 is 0 Å². The van der Waals surface area contributed by atoms with E-state index < -0.39 is 22.9 Å². The Labute approximate surface area is 167 Å². The highest BCUT2D eigenvalue weighted by atomic mass is 16.6. The minimum Gasteiger partial charge on any atom is -0.496 e. The molecule has 0 bridgehead atoms. The number of hydrogen-bond donors (Lipinski definition) is 1. The summed E-state index contributed by atoms with van der Waals surface area (Å²) in [5.41, 5.74) is 0.739. The van der Waals surface area contributed by atoms with Crippen molar-refractivity contribution in [2.24, 2.45) is 0 Å². The van der Waals surface area contributed by atoms with E-state index in [0.29, 0.717) is 5.75 Å². The summed E-state index contributed by atoms with van der Waals surface area (Å²) in [7, 11) is 1.38. The molecule has 0 aliphatic heterocycles. The second-order valence-corrected chi connectivity index (χ2v) is 6.17. The molecule has 0 saturated carbocycles. The first kappa shape index (κ1) is 21.7. The van der Waals surface area contributed by atoms with Gasteiger partial charge in [0, 0.05) is 0 Å². The number of aryl methyl sites for hydroxylation is 1. The van der Waals surface area contributed by atoms with Crippen molar-refractivity contribution in [1.82, 2.24) is 0 Å². The van der Waals surface area contributed by atoms with Crippen molar-refractivity contribution in [3.63, 3.8) is 0 Å². The van der Waals surface area contributed by atoms with Gasteiger partial charge in [0.2, 0.25) is 0 Å². The van der Waals surface area contributed by atoms with Crippen molar-refractivity contribution in [3.8, 4) is 11.5 Å². The number of carbonyl (C=O) groups is 2. The van der Waals surface area contributed by atoms with Crippen molar-refractivity contribution in [1.29, 1.82) is 0 Å². The average molecular weight is 402 g/mol. The van der Waals surface area contributed by atoms with Gasteiger partial charge in [-0.3, -0.25) is 19.7 Å². The summed E-state index contributed by atoms with van der Waals surface area (Å²) in [5.74, 6) is -0.404. The molecule has 9 heteroatoms. The predicted molar refractivity (Wildman–Crippen MR) is 105 cm³/mol. The third-order valence-corrected chi connectivity index (χ3v) is 3.93. The number of ether oxygens (including phenoxy) is 3. The molecule has 0 radical (unpaired) electrons. The largest absolute Gasteiger partial charge is 0.496 e. The van der Waals surface area contributed by atoms with Gasteiger partial charge in [-0.25, -0.2) is 0 Å². The van der Waals surface area contributed by atoms with E-state index in [4.69, 9.17) is 14.2 Å². The molecule has 2 aromatic carbocycles. The lowest BCUT2D eigenvalue weighted by Gasteiger charge is -2.14. The van der Waals surface area contributed by atoms with Gasteiger partial charge >= 0.3 is 5.97 Å². The quantitative estimate of drug-likeness (QED) is 0.389. The van der Waals surface area contributed by atoms with Crippen LogP contribution in [0, 0.1) is 17.0 Å². The van der Waals surface area contributed by atoms with Gasteiger partial charge in [0.05, 0.1) is 31.1 Å². The number of anilines is 1. The van der Waals surface area contributed by atoms with Gasteiger partial charge in [0.15, 0.2) is 6.10 Å². The second-order valence-electron chi connectivity index (χ2n) is 6.17. The lowest BCUT2D eigenvalue weighted by atomic mass is 10.2. The number of methoxy groups -OCH3 is 1. The normalized spacial score (nSPS) is 11.3. The number of hydrogen-bond acceptors (Lipinski definition) is 7. The monoisotopic (exact) mass is 402 g/mol. The van der Waals surface area contributed by atoms with E-state index in [-0.39, 0.29) is 30.2 Å². The number of carbonyl (C=O) groups excluding carboxylic acids is 2. The maximum Gasteiger partial charge on any atom is 0.310 e. The van der Waals surface area contributed by atoms with E-state index in [2.05, 4.69) is 5.32 Å². The van der Waals surface area contributed by atoms with Gasteiger partial charge in [-0.1, -0.05) is 17.7 Å². The smallest absolute Gasteiger partial charge is 0.310 e. The summed E-state index contributed by atoms with van der Waals surface area (Å²) >= 11 is 0. The zero-order chi connectivity index (χ0) is 21.4. The number of nitro groups is 1. The number of nitro benzene ring substituents is 1. The third kappa shape index (κ3) is 6.49. The molecule has 154 valence electrons. The fourth-order valence-corrected chi connectivity index (χ4v) is 2.33. The molecule has 1 amide bonds. The lowest BCUT2D eigenvalue weighted by Crippen LogP contribution is -2.30. The molecule has 0 aliphatic carbocycles. The Bertz CT molecular complexity index is 881. The SMILES string of the molecule is COc1ccc(NC(=O)[C@H](C)OC(=O)CCOc2ccc(C)cc2)c([N+](=O)[O-])c1. The van der Waals surface area contributed by atoms with Crippen molar-refractivity contribution in [3.05, 3.63) is 58.1 Å². The number of nitrogens with zero attached hydrogens (tertiary/aromatic N) is 1. The van der Waals surface area contributed by atoms with Crippen molar-refractivity contribution in [2.45, 2.75) is 26.4 Å². The zero-order valence-corrected chi connectivity index (χ0v) is 16.3. The van der Waals surface area contributed by atoms with Crippen LogP contribution in [0.2, 0.25) is 0 Å². The lowest BCUT2D eigenvalue weighted by molar-refractivity contribution is -0.384. The minimum atomic E-state index is -1.14. The standard InChI is InChI=1S/C20H22N2O7/c1-13-4-6-15(7-5-13)28-11-10-19(23)29-14(2)20(24)21-17-9-8-16(27-3)12-18(17)22(25)26/h4-9,12,14H,10-11H2,1-3H3,(H,21,24)/t14-/m0/s1. The Balaban J connectivity index is 1.86. The van der Waals surface area contributed by atoms with Gasteiger partial charge in [0.1, 0.15) is 17.2 Å². The van der Waals surface area contributed by atoms with Gasteiger partial charge in [-0.05, 0) is 38.1 Å². The van der Waals surface area contributed by atoms with Crippen LogP contribution in [0.3, 0.4) is 0 Å². The highest BCUT2D eigenvalue weighted by Crippen LogP contribution is 2.29. The molecule has 1 N–H and O–H groups in total. The molecule has 9 nitrogen and oxygen atoms in total. The molecule has 0 aliphatic rings. The van der Waals surface area contributed by atoms with Crippen LogP contribution in [-0.4, -0.2) is 36.6 Å². The Morgan fingerprint density at radius 2 is 1.79 bits per heavy atom. The van der Waals surface area contributed by atoms with Crippen LogP contribution in [0.15, 0.2) is 42.5 Å². The first-order valence-corrected chi connectivity index (χ1v) is 8.82. The Morgan fingerprint density at radius 3 is 2.41 bits per heavy atom. The summed E-state index contributed by atoms with van der Waals surface area (Å²) in [4.78, 5) is 34.7. The Kier molecular flexibility index (Phi) is 7.53. The van der Waals surface area contributed by atoms with Gasteiger partial charge in [-0.2, -0.15) is 0 Å². The van der Waals surface area contributed by atoms with E-state index in [9.17, 15) is 19.7 Å². The van der Waals surface area contributed by atoms with Crippen LogP contribution in [0.1, 0.15) is 18.9 Å². The maximum absolute atomic E-state index is 12.2. The molecule has 0 aromatic heterocycles. The molecule has 0 heterocycles. The number of esters is 1. The summed E-state index contributed by atoms with van der Waals surface area (Å²) in [5, 5.41) is 13.6. The van der Waals surface area contributed by atoms with Gasteiger partial charge < -0.3 is 19.5 Å². The van der Waals surface area contributed by atoms with E-state index in [1.807, 2.05) is 19.1 Å². The fraction of sp³-hybridized carbons (Fsp3) is 0.300. The second kappa shape index (κ2) is 10.1. The zero-order valence-electron chi connectivity index (χ0n) is 16.3. The maximum atomic E-state index is 12.2. The molecule has 2 rings (SSSR count). The van der Waals surface area contributed by atoms with Crippen LogP contribution >= 0.6 is 0 Å². The molecule has 0 unspecified atom stereocenters. The summed E-state index contributed by atoms with van der Waals surface area (Å²) < 4.78 is 15.4. The molecule has 1 atom stereocenters. The molecular formula is C20H22N2O7. The van der Waals surface area contributed by atoms with Crippen molar-refractivity contribution in [2.75, 3.05) is 19.0 Å². The van der Waals surface area contributed by atoms with Crippen LogP contribution < -0.4 is 14.8 Å². The molecular weight excluding hydrogens is 380 g/mol.